The van der Waals surface area contributed by atoms with Gasteiger partial charge in [0.05, 0.1) is 0 Å². The van der Waals surface area contributed by atoms with Crippen LogP contribution in [0.5, 0.6) is 0 Å². The van der Waals surface area contributed by atoms with Crippen molar-refractivity contribution in [2.24, 2.45) is 5.73 Å². The van der Waals surface area contributed by atoms with Gasteiger partial charge in [0.2, 0.25) is 0 Å². The van der Waals surface area contributed by atoms with Crippen molar-refractivity contribution in [2.45, 2.75) is 6.92 Å². The summed E-state index contributed by atoms with van der Waals surface area (Å²) in [5, 5.41) is 2.45. The van der Waals surface area contributed by atoms with Crippen LogP contribution >= 0.6 is 0 Å². The summed E-state index contributed by atoms with van der Waals surface area (Å²) in [5.41, 5.74) is 7.32. The van der Waals surface area contributed by atoms with E-state index in [2.05, 4.69) is 11.2 Å². The molecule has 0 radical (unpaired) electrons. The van der Waals surface area contributed by atoms with Gasteiger partial charge in [0.25, 0.3) is 0 Å². The molecular weight excluding hydrogens is 164 g/mol. The third-order valence-electron chi connectivity index (χ3n) is 1.66. The van der Waals surface area contributed by atoms with Crippen LogP contribution in [-0.4, -0.2) is 6.03 Å². The average Bonchev–Trinajstić information content (AvgIpc) is 2.07. The summed E-state index contributed by atoms with van der Waals surface area (Å²) in [6.45, 7) is 1.91. The van der Waals surface area contributed by atoms with E-state index in [1.54, 1.807) is 12.1 Å². The number of nitrogens with two attached hydrogens (primary N) is 1. The normalized spacial score (nSPS) is 8.92. The number of nitrogens with one attached hydrogen (secondary N) is 1. The number of carbonyl (C=O) groups excluding carboxylic acids is 1. The van der Waals surface area contributed by atoms with Crippen LogP contribution < -0.4 is 11.1 Å². The summed E-state index contributed by atoms with van der Waals surface area (Å²) >= 11 is 0. The molecule has 0 aromatic heterocycles. The molecule has 0 heterocycles. The van der Waals surface area contributed by atoms with Gasteiger partial charge in [0, 0.05) is 11.3 Å². The van der Waals surface area contributed by atoms with Crippen molar-refractivity contribution in [1.29, 1.82) is 0 Å². The number of primary amides is 1. The van der Waals surface area contributed by atoms with E-state index in [-0.39, 0.29) is 0 Å². The monoisotopic (exact) mass is 174 g/mol. The van der Waals surface area contributed by atoms with E-state index in [4.69, 9.17) is 12.2 Å². The zero-order valence-electron chi connectivity index (χ0n) is 7.29. The lowest BCUT2D eigenvalue weighted by Gasteiger charge is -2.03. The molecule has 0 spiro atoms. The molecule has 3 heteroatoms. The van der Waals surface area contributed by atoms with E-state index < -0.39 is 6.03 Å². The van der Waals surface area contributed by atoms with E-state index in [9.17, 15) is 4.79 Å². The zero-order chi connectivity index (χ0) is 9.84. The fourth-order valence-electron chi connectivity index (χ4n) is 0.998. The number of rotatable bonds is 1. The minimum atomic E-state index is -0.591. The second kappa shape index (κ2) is 3.63. The van der Waals surface area contributed by atoms with Crippen LogP contribution in [0.2, 0.25) is 0 Å². The van der Waals surface area contributed by atoms with Crippen LogP contribution in [0, 0.1) is 19.3 Å². The maximum Gasteiger partial charge on any atom is 0.316 e. The van der Waals surface area contributed by atoms with Gasteiger partial charge in [-0.3, -0.25) is 0 Å². The van der Waals surface area contributed by atoms with E-state index >= 15 is 0 Å². The van der Waals surface area contributed by atoms with Crippen molar-refractivity contribution in [3.63, 3.8) is 0 Å². The Morgan fingerprint density at radius 3 is 2.85 bits per heavy atom. The molecule has 0 aliphatic heterocycles. The van der Waals surface area contributed by atoms with Gasteiger partial charge in [-0.05, 0) is 24.6 Å². The molecule has 3 N–H and O–H groups in total. The fourth-order valence-corrected chi connectivity index (χ4v) is 0.998. The number of hydrogen-bond donors (Lipinski definition) is 2. The summed E-state index contributed by atoms with van der Waals surface area (Å²) in [7, 11) is 0. The molecule has 2 amide bonds. The summed E-state index contributed by atoms with van der Waals surface area (Å²) in [6.07, 6.45) is 5.26. The van der Waals surface area contributed by atoms with E-state index in [0.29, 0.717) is 5.69 Å². The van der Waals surface area contributed by atoms with Gasteiger partial charge in [0.15, 0.2) is 0 Å². The van der Waals surface area contributed by atoms with Gasteiger partial charge in [-0.15, -0.1) is 6.42 Å². The predicted molar refractivity (Wildman–Crippen MR) is 52.3 cm³/mol. The van der Waals surface area contributed by atoms with Crippen molar-refractivity contribution < 1.29 is 4.79 Å². The summed E-state index contributed by atoms with van der Waals surface area (Å²) < 4.78 is 0. The van der Waals surface area contributed by atoms with Gasteiger partial charge >= 0.3 is 6.03 Å². The van der Waals surface area contributed by atoms with E-state index in [0.717, 1.165) is 11.1 Å². The predicted octanol–water partition coefficient (Wildman–Crippen LogP) is 1.47. The van der Waals surface area contributed by atoms with E-state index in [1.165, 1.54) is 0 Å². The molecule has 1 aromatic rings. The molecule has 0 bridgehead atoms. The lowest BCUT2D eigenvalue weighted by molar-refractivity contribution is 0.259. The number of anilines is 1. The number of carbonyl (C=O) groups is 1. The summed E-state index contributed by atoms with van der Waals surface area (Å²) in [4.78, 5) is 10.5. The number of amides is 2. The summed E-state index contributed by atoms with van der Waals surface area (Å²) in [5.74, 6) is 2.52. The minimum absolute atomic E-state index is 0.591. The van der Waals surface area contributed by atoms with Crippen LogP contribution in [0.3, 0.4) is 0 Å². The van der Waals surface area contributed by atoms with Crippen molar-refractivity contribution >= 4 is 11.7 Å². The molecule has 0 saturated heterocycles. The fraction of sp³-hybridized carbons (Fsp3) is 0.100. The second-order valence-corrected chi connectivity index (χ2v) is 2.66. The lowest BCUT2D eigenvalue weighted by Crippen LogP contribution is -2.19. The molecule has 1 rings (SSSR count). The maximum absolute atomic E-state index is 10.5. The standard InChI is InChI=1S/C10H10N2O/c1-3-8-6-9(12-10(11)13)5-4-7(8)2/h1,4-6H,2H3,(H3,11,12,13). The van der Waals surface area contributed by atoms with Gasteiger partial charge in [-0.1, -0.05) is 12.0 Å². The minimum Gasteiger partial charge on any atom is -0.351 e. The van der Waals surface area contributed by atoms with Gasteiger partial charge in [-0.25, -0.2) is 4.79 Å². The van der Waals surface area contributed by atoms with Crippen LogP contribution in [-0.2, 0) is 0 Å². The number of benzene rings is 1. The molecular formula is C10H10N2O. The highest BCUT2D eigenvalue weighted by Crippen LogP contribution is 2.13. The molecule has 66 valence electrons. The molecule has 0 unspecified atom stereocenters. The Labute approximate surface area is 76.9 Å². The second-order valence-electron chi connectivity index (χ2n) is 2.66. The Morgan fingerprint density at radius 1 is 1.62 bits per heavy atom. The molecule has 0 fully saturated rings. The first-order valence-electron chi connectivity index (χ1n) is 3.77. The van der Waals surface area contributed by atoms with Gasteiger partial charge in [-0.2, -0.15) is 0 Å². The number of urea groups is 1. The molecule has 13 heavy (non-hydrogen) atoms. The SMILES string of the molecule is C#Cc1cc(NC(N)=O)ccc1C. The van der Waals surface area contributed by atoms with E-state index in [1.807, 2.05) is 13.0 Å². The number of terminal acetylenes is 1. The van der Waals surface area contributed by atoms with Crippen LogP contribution in [0.1, 0.15) is 11.1 Å². The smallest absolute Gasteiger partial charge is 0.316 e. The zero-order valence-corrected chi connectivity index (χ0v) is 7.29. The summed E-state index contributed by atoms with van der Waals surface area (Å²) in [6, 6.07) is 4.70. The Balaban J connectivity index is 3.01. The Bertz CT molecular complexity index is 377. The van der Waals surface area contributed by atoms with Crippen molar-refractivity contribution in [3.05, 3.63) is 29.3 Å². The largest absolute Gasteiger partial charge is 0.351 e. The Morgan fingerprint density at radius 2 is 2.31 bits per heavy atom. The highest BCUT2D eigenvalue weighted by Gasteiger charge is 1.98. The topological polar surface area (TPSA) is 55.1 Å². The molecule has 3 nitrogen and oxygen atoms in total. The molecule has 0 atom stereocenters. The quantitative estimate of drug-likeness (QED) is 0.622. The van der Waals surface area contributed by atoms with Gasteiger partial charge in [0.1, 0.15) is 0 Å². The molecule has 0 saturated carbocycles. The average molecular weight is 174 g/mol. The Hall–Kier alpha value is -1.95. The third-order valence-corrected chi connectivity index (χ3v) is 1.66. The molecule has 1 aromatic carbocycles. The van der Waals surface area contributed by atoms with Crippen molar-refractivity contribution in [3.8, 4) is 12.3 Å². The van der Waals surface area contributed by atoms with Crippen molar-refractivity contribution in [1.82, 2.24) is 0 Å². The van der Waals surface area contributed by atoms with Crippen LogP contribution in [0.4, 0.5) is 10.5 Å². The first-order valence-corrected chi connectivity index (χ1v) is 3.77. The highest BCUT2D eigenvalue weighted by atomic mass is 16.2. The molecule has 0 aliphatic rings. The lowest BCUT2D eigenvalue weighted by atomic mass is 10.1. The Kier molecular flexibility index (Phi) is 2.56. The molecule has 0 aliphatic carbocycles. The number of hydrogen-bond acceptors (Lipinski definition) is 1. The maximum atomic E-state index is 10.5. The highest BCUT2D eigenvalue weighted by molar-refractivity contribution is 5.88. The first kappa shape index (κ1) is 9.14. The first-order chi connectivity index (χ1) is 6.13. The van der Waals surface area contributed by atoms with Crippen LogP contribution in [0.25, 0.3) is 0 Å². The van der Waals surface area contributed by atoms with Crippen molar-refractivity contribution in [2.75, 3.05) is 5.32 Å². The number of aryl methyl sites for hydroxylation is 1. The van der Waals surface area contributed by atoms with Gasteiger partial charge < -0.3 is 11.1 Å². The third kappa shape index (κ3) is 2.24. The van der Waals surface area contributed by atoms with Crippen LogP contribution in [0.15, 0.2) is 18.2 Å².